The lowest BCUT2D eigenvalue weighted by atomic mass is 10.2. The number of nitrogens with zero attached hydrogens (tertiary/aromatic N) is 2. The minimum Gasteiger partial charge on any atom is -0.370 e. The maximum Gasteiger partial charge on any atom is 0.162 e. The van der Waals surface area contributed by atoms with Gasteiger partial charge in [-0.1, -0.05) is 44.2 Å². The van der Waals surface area contributed by atoms with E-state index >= 15 is 0 Å². The molecule has 1 aromatic heterocycles. The molecule has 1 N–H and O–H groups in total. The smallest absolute Gasteiger partial charge is 0.162 e. The molecule has 0 aliphatic carbocycles. The molecule has 1 unspecified atom stereocenters. The van der Waals surface area contributed by atoms with Crippen LogP contribution < -0.4 is 5.32 Å². The molecule has 1 heterocycles. The summed E-state index contributed by atoms with van der Waals surface area (Å²) in [4.78, 5) is 9.28. The lowest BCUT2D eigenvalue weighted by molar-refractivity contribution is 0.899. The number of nitrogens with one attached hydrogen (secondary N) is 1. The lowest BCUT2D eigenvalue weighted by Crippen LogP contribution is -2.03. The molecule has 0 saturated heterocycles. The van der Waals surface area contributed by atoms with Gasteiger partial charge in [0.25, 0.3) is 0 Å². The summed E-state index contributed by atoms with van der Waals surface area (Å²) in [5.41, 5.74) is 1.05. The van der Waals surface area contributed by atoms with Gasteiger partial charge in [-0.2, -0.15) is 0 Å². The summed E-state index contributed by atoms with van der Waals surface area (Å²) < 4.78 is 0. The second kappa shape index (κ2) is 7.29. The summed E-state index contributed by atoms with van der Waals surface area (Å²) >= 11 is 1.80. The van der Waals surface area contributed by atoms with Crippen LogP contribution in [0.4, 0.5) is 5.82 Å². The first-order valence-corrected chi connectivity index (χ1v) is 7.96. The number of anilines is 1. The van der Waals surface area contributed by atoms with E-state index in [1.807, 2.05) is 36.4 Å². The Morgan fingerprint density at radius 3 is 2.55 bits per heavy atom. The molecule has 0 amide bonds. The highest BCUT2D eigenvalue weighted by Gasteiger charge is 2.09. The van der Waals surface area contributed by atoms with Gasteiger partial charge in [0.05, 0.1) is 0 Å². The highest BCUT2D eigenvalue weighted by molar-refractivity contribution is 7.99. The van der Waals surface area contributed by atoms with Gasteiger partial charge in [0, 0.05) is 23.4 Å². The zero-order valence-corrected chi connectivity index (χ0v) is 13.1. The van der Waals surface area contributed by atoms with E-state index in [0.717, 1.165) is 35.2 Å². The molecule has 0 radical (unpaired) electrons. The third-order valence-corrected chi connectivity index (χ3v) is 4.18. The highest BCUT2D eigenvalue weighted by Crippen LogP contribution is 2.27. The van der Waals surface area contributed by atoms with Crippen LogP contribution in [0, 0.1) is 0 Å². The van der Waals surface area contributed by atoms with Gasteiger partial charge in [0.2, 0.25) is 0 Å². The van der Waals surface area contributed by atoms with Crippen molar-refractivity contribution in [3.05, 3.63) is 36.4 Å². The first-order chi connectivity index (χ1) is 9.72. The monoisotopic (exact) mass is 287 g/mol. The Morgan fingerprint density at radius 1 is 1.15 bits per heavy atom. The lowest BCUT2D eigenvalue weighted by Gasteiger charge is -2.11. The molecule has 0 bridgehead atoms. The fourth-order valence-electron chi connectivity index (χ4n) is 1.76. The van der Waals surface area contributed by atoms with Gasteiger partial charge >= 0.3 is 0 Å². The number of rotatable bonds is 6. The van der Waals surface area contributed by atoms with Crippen molar-refractivity contribution < 1.29 is 0 Å². The fourth-order valence-corrected chi connectivity index (χ4v) is 2.66. The molecule has 0 spiro atoms. The second-order valence-corrected chi connectivity index (χ2v) is 6.11. The van der Waals surface area contributed by atoms with E-state index in [-0.39, 0.29) is 0 Å². The highest BCUT2D eigenvalue weighted by atomic mass is 32.2. The predicted molar refractivity (Wildman–Crippen MR) is 87.2 cm³/mol. The minimum atomic E-state index is 0.558. The van der Waals surface area contributed by atoms with Crippen LogP contribution in [0.25, 0.3) is 11.4 Å². The number of thioether (sulfide) groups is 1. The van der Waals surface area contributed by atoms with Crippen LogP contribution in [-0.2, 0) is 0 Å². The van der Waals surface area contributed by atoms with E-state index in [2.05, 4.69) is 36.1 Å². The van der Waals surface area contributed by atoms with Crippen LogP contribution in [0.5, 0.6) is 0 Å². The summed E-state index contributed by atoms with van der Waals surface area (Å²) in [6, 6.07) is 12.2. The predicted octanol–water partition coefficient (Wildman–Crippen LogP) is 4.47. The van der Waals surface area contributed by atoms with Gasteiger partial charge < -0.3 is 5.32 Å². The summed E-state index contributed by atoms with van der Waals surface area (Å²) in [6.45, 7) is 7.36. The van der Waals surface area contributed by atoms with Gasteiger partial charge in [-0.25, -0.2) is 9.97 Å². The maximum absolute atomic E-state index is 4.69. The van der Waals surface area contributed by atoms with Gasteiger partial charge in [-0.3, -0.25) is 0 Å². The van der Waals surface area contributed by atoms with E-state index < -0.39 is 0 Å². The van der Waals surface area contributed by atoms with Crippen molar-refractivity contribution in [2.24, 2.45) is 0 Å². The van der Waals surface area contributed by atoms with E-state index in [4.69, 9.17) is 0 Å². The number of hydrogen-bond donors (Lipinski definition) is 1. The van der Waals surface area contributed by atoms with Crippen LogP contribution in [0.15, 0.2) is 41.4 Å². The molecule has 0 fully saturated rings. The molecule has 0 aliphatic rings. The summed E-state index contributed by atoms with van der Waals surface area (Å²) in [5.74, 6) is 1.68. The van der Waals surface area contributed by atoms with Crippen molar-refractivity contribution >= 4 is 17.6 Å². The van der Waals surface area contributed by atoms with Crippen LogP contribution in [0.3, 0.4) is 0 Å². The Labute approximate surface area is 125 Å². The number of benzene rings is 1. The van der Waals surface area contributed by atoms with Crippen LogP contribution in [0.2, 0.25) is 0 Å². The van der Waals surface area contributed by atoms with Crippen molar-refractivity contribution in [1.29, 1.82) is 0 Å². The zero-order chi connectivity index (χ0) is 14.4. The van der Waals surface area contributed by atoms with Crippen molar-refractivity contribution in [2.75, 3.05) is 11.9 Å². The fraction of sp³-hybridized carbons (Fsp3) is 0.375. The first kappa shape index (κ1) is 14.9. The molecular formula is C16H21N3S. The van der Waals surface area contributed by atoms with Crippen molar-refractivity contribution in [3.63, 3.8) is 0 Å². The number of aromatic nitrogens is 2. The summed E-state index contributed by atoms with van der Waals surface area (Å²) in [5, 5.41) is 4.87. The molecule has 4 heteroatoms. The van der Waals surface area contributed by atoms with E-state index in [0.29, 0.717) is 5.25 Å². The van der Waals surface area contributed by atoms with Gasteiger partial charge in [-0.15, -0.1) is 11.8 Å². The molecule has 3 nitrogen and oxygen atoms in total. The Hall–Kier alpha value is -1.55. The molecule has 2 rings (SSSR count). The maximum atomic E-state index is 4.69. The Balaban J connectivity index is 2.35. The average Bonchev–Trinajstić information content (AvgIpc) is 2.48. The van der Waals surface area contributed by atoms with Gasteiger partial charge in [0.1, 0.15) is 10.8 Å². The Bertz CT molecular complexity index is 543. The molecule has 1 aromatic carbocycles. The topological polar surface area (TPSA) is 37.8 Å². The Kier molecular flexibility index (Phi) is 5.41. The van der Waals surface area contributed by atoms with Crippen molar-refractivity contribution in [1.82, 2.24) is 9.97 Å². The van der Waals surface area contributed by atoms with E-state index in [1.165, 1.54) is 0 Å². The largest absolute Gasteiger partial charge is 0.370 e. The molecule has 0 saturated carbocycles. The summed E-state index contributed by atoms with van der Waals surface area (Å²) in [7, 11) is 0. The quantitative estimate of drug-likeness (QED) is 0.628. The third kappa shape index (κ3) is 3.97. The second-order valence-electron chi connectivity index (χ2n) is 4.65. The standard InChI is InChI=1S/C16H21N3S/c1-4-12(3)20-15-11-14(17-5-2)18-16(19-15)13-9-7-6-8-10-13/h6-12H,4-5H2,1-3H3,(H,17,18,19). The van der Waals surface area contributed by atoms with Crippen LogP contribution >= 0.6 is 11.8 Å². The van der Waals surface area contributed by atoms with Crippen molar-refractivity contribution in [3.8, 4) is 11.4 Å². The van der Waals surface area contributed by atoms with E-state index in [9.17, 15) is 0 Å². The minimum absolute atomic E-state index is 0.558. The molecule has 0 aliphatic heterocycles. The van der Waals surface area contributed by atoms with Crippen LogP contribution in [-0.4, -0.2) is 21.8 Å². The van der Waals surface area contributed by atoms with E-state index in [1.54, 1.807) is 11.8 Å². The van der Waals surface area contributed by atoms with Gasteiger partial charge in [0.15, 0.2) is 5.82 Å². The van der Waals surface area contributed by atoms with Crippen LogP contribution in [0.1, 0.15) is 27.2 Å². The number of hydrogen-bond acceptors (Lipinski definition) is 4. The molecule has 106 valence electrons. The zero-order valence-electron chi connectivity index (χ0n) is 12.3. The normalized spacial score (nSPS) is 12.2. The van der Waals surface area contributed by atoms with Crippen molar-refractivity contribution in [2.45, 2.75) is 37.5 Å². The third-order valence-electron chi connectivity index (χ3n) is 2.99. The SMILES string of the molecule is CCNc1cc(SC(C)CC)nc(-c2ccccc2)n1. The first-order valence-electron chi connectivity index (χ1n) is 7.08. The molecular weight excluding hydrogens is 266 g/mol. The molecule has 1 atom stereocenters. The summed E-state index contributed by atoms with van der Waals surface area (Å²) in [6.07, 6.45) is 1.13. The van der Waals surface area contributed by atoms with Gasteiger partial charge in [-0.05, 0) is 13.3 Å². The Morgan fingerprint density at radius 2 is 1.90 bits per heavy atom. The average molecular weight is 287 g/mol. The molecule has 20 heavy (non-hydrogen) atoms. The molecule has 2 aromatic rings.